The van der Waals surface area contributed by atoms with Crippen LogP contribution in [0.2, 0.25) is 0 Å². The molecule has 0 unspecified atom stereocenters. The zero-order valence-electron chi connectivity index (χ0n) is 17.4. The second kappa shape index (κ2) is 13.1. The van der Waals surface area contributed by atoms with Gasteiger partial charge in [-0.15, -0.1) is 20.6 Å². The van der Waals surface area contributed by atoms with Gasteiger partial charge in [0.1, 0.15) is 0 Å². The van der Waals surface area contributed by atoms with E-state index in [-0.39, 0.29) is 6.61 Å². The van der Waals surface area contributed by atoms with Gasteiger partial charge in [0.25, 0.3) is 0 Å². The van der Waals surface area contributed by atoms with Crippen molar-refractivity contribution in [3.8, 4) is 0 Å². The number of rotatable bonds is 16. The molecular weight excluding hydrogens is 380 g/mol. The molecule has 0 radical (unpaired) electrons. The van der Waals surface area contributed by atoms with Crippen LogP contribution in [0.5, 0.6) is 0 Å². The van der Waals surface area contributed by atoms with E-state index in [1.165, 1.54) is 0 Å². The molecule has 0 saturated heterocycles. The number of aliphatic hydroxyl groups excluding tert-OH is 1. The Morgan fingerprint density at radius 3 is 1.52 bits per heavy atom. The van der Waals surface area contributed by atoms with E-state index < -0.39 is 31.2 Å². The number of aliphatic hydroxyl groups is 1. The lowest BCUT2D eigenvalue weighted by molar-refractivity contribution is 0.0931. The molecular formula is C17H42O5S3. The molecule has 0 rings (SSSR count). The Kier molecular flexibility index (Phi) is 13.5. The molecule has 0 aromatic carbocycles. The summed E-state index contributed by atoms with van der Waals surface area (Å²) in [5.74, 6) is 2.03. The van der Waals surface area contributed by atoms with Crippen LogP contribution in [0.1, 0.15) is 26.2 Å². The molecule has 0 aromatic heterocycles. The predicted octanol–water partition coefficient (Wildman–Crippen LogP) is 4.09. The van der Waals surface area contributed by atoms with E-state index in [0.717, 1.165) is 44.0 Å². The fourth-order valence-corrected chi connectivity index (χ4v) is 12.0. The van der Waals surface area contributed by atoms with Gasteiger partial charge in [-0.25, -0.2) is 7.26 Å². The van der Waals surface area contributed by atoms with E-state index in [1.54, 1.807) is 0 Å². The van der Waals surface area contributed by atoms with Gasteiger partial charge in [-0.05, 0) is 44.3 Å². The summed E-state index contributed by atoms with van der Waals surface area (Å²) in [5, 5.41) is 8.73. The summed E-state index contributed by atoms with van der Waals surface area (Å²) in [4.78, 5) is 0. The van der Waals surface area contributed by atoms with Crippen LogP contribution in [0.15, 0.2) is 0 Å². The largest absolute Gasteiger partial charge is 0.394 e. The van der Waals surface area contributed by atoms with Crippen molar-refractivity contribution in [3.63, 3.8) is 0 Å². The number of ether oxygens (including phenoxy) is 2. The monoisotopic (exact) mass is 422 g/mol. The molecule has 0 aliphatic heterocycles. The molecule has 1 N–H and O–H groups in total. The minimum atomic E-state index is -1.54. The summed E-state index contributed by atoms with van der Waals surface area (Å²) < 4.78 is 23.8. The average Bonchev–Trinajstić information content (AvgIpc) is 2.44. The fraction of sp³-hybridized carbons (Fsp3) is 1.00. The van der Waals surface area contributed by atoms with Gasteiger partial charge in [0.15, 0.2) is 0 Å². The quantitative estimate of drug-likeness (QED) is 0.380. The summed E-state index contributed by atoms with van der Waals surface area (Å²) >= 11 is 0. The predicted molar refractivity (Wildman–Crippen MR) is 118 cm³/mol. The Balaban J connectivity index is 4.24. The SMILES string of the molecule is CCCOCCCS(C)(C)OS(C)(C)OS(C)(C)CCCOCCO. The van der Waals surface area contributed by atoms with Gasteiger partial charge in [-0.1, -0.05) is 6.92 Å². The molecule has 0 saturated carbocycles. The lowest BCUT2D eigenvalue weighted by atomic mass is 10.5. The first-order valence-electron chi connectivity index (χ1n) is 8.87. The first-order valence-corrected chi connectivity index (χ1v) is 16.3. The van der Waals surface area contributed by atoms with Crippen LogP contribution in [0.4, 0.5) is 0 Å². The summed E-state index contributed by atoms with van der Waals surface area (Å²) in [6.07, 6.45) is 16.1. The molecule has 0 atom stereocenters. The fourth-order valence-electron chi connectivity index (χ4n) is 2.40. The molecule has 0 fully saturated rings. The lowest BCUT2D eigenvalue weighted by Gasteiger charge is -2.49. The average molecular weight is 423 g/mol. The van der Waals surface area contributed by atoms with Crippen molar-refractivity contribution < 1.29 is 21.8 Å². The van der Waals surface area contributed by atoms with Gasteiger partial charge >= 0.3 is 0 Å². The molecule has 158 valence electrons. The zero-order valence-corrected chi connectivity index (χ0v) is 19.8. The van der Waals surface area contributed by atoms with E-state index in [9.17, 15) is 0 Å². The van der Waals surface area contributed by atoms with Gasteiger partial charge in [0.05, 0.1) is 13.2 Å². The van der Waals surface area contributed by atoms with E-state index in [1.807, 2.05) is 0 Å². The van der Waals surface area contributed by atoms with Gasteiger partial charge in [-0.3, -0.25) is 0 Å². The van der Waals surface area contributed by atoms with Crippen molar-refractivity contribution in [2.24, 2.45) is 0 Å². The molecule has 8 heteroatoms. The van der Waals surface area contributed by atoms with Crippen LogP contribution >= 0.6 is 31.2 Å². The standard InChI is InChI=1S/C17H42O5S3/c1-8-12-19-13-9-16-23(2,3)21-25(6,7)22-24(4,5)17-10-14-20-15-11-18/h18H,8-17H2,1-7H3. The Morgan fingerprint density at radius 1 is 0.680 bits per heavy atom. The van der Waals surface area contributed by atoms with Crippen LogP contribution in [0, 0.1) is 0 Å². The molecule has 0 aliphatic rings. The maximum absolute atomic E-state index is 8.73. The summed E-state index contributed by atoms with van der Waals surface area (Å²) in [6, 6.07) is 0. The first kappa shape index (κ1) is 25.9. The summed E-state index contributed by atoms with van der Waals surface area (Å²) in [5.41, 5.74) is 0. The van der Waals surface area contributed by atoms with Gasteiger partial charge in [-0.2, -0.15) is 10.6 Å². The molecule has 25 heavy (non-hydrogen) atoms. The third kappa shape index (κ3) is 15.6. The topological polar surface area (TPSA) is 57.2 Å². The van der Waals surface area contributed by atoms with Crippen LogP contribution in [0.25, 0.3) is 0 Å². The zero-order chi connectivity index (χ0) is 19.4. The summed E-state index contributed by atoms with van der Waals surface area (Å²) in [6.45, 7) is 4.95. The van der Waals surface area contributed by atoms with Crippen LogP contribution in [-0.2, 0) is 16.7 Å². The van der Waals surface area contributed by atoms with E-state index in [2.05, 4.69) is 44.5 Å². The lowest BCUT2D eigenvalue weighted by Crippen LogP contribution is -2.16. The maximum atomic E-state index is 8.73. The normalized spacial score (nSPS) is 15.4. The molecule has 0 aliphatic carbocycles. The molecule has 5 nitrogen and oxygen atoms in total. The van der Waals surface area contributed by atoms with Crippen molar-refractivity contribution >= 4 is 31.2 Å². The highest BCUT2D eigenvalue weighted by Gasteiger charge is 2.25. The van der Waals surface area contributed by atoms with Crippen LogP contribution < -0.4 is 0 Å². The minimum absolute atomic E-state index is 0.0825. The summed E-state index contributed by atoms with van der Waals surface area (Å²) in [7, 11) is -3.85. The smallest absolute Gasteiger partial charge is 0.0697 e. The molecule has 0 amide bonds. The van der Waals surface area contributed by atoms with Gasteiger partial charge < -0.3 is 14.6 Å². The first-order chi connectivity index (χ1) is 11.5. The molecule has 0 spiro atoms. The highest BCUT2D eigenvalue weighted by molar-refractivity contribution is 8.44. The third-order valence-corrected chi connectivity index (χ3v) is 11.2. The van der Waals surface area contributed by atoms with Crippen molar-refractivity contribution in [2.75, 3.05) is 82.1 Å². The van der Waals surface area contributed by atoms with E-state index >= 15 is 0 Å². The van der Waals surface area contributed by atoms with Crippen molar-refractivity contribution in [3.05, 3.63) is 0 Å². The van der Waals surface area contributed by atoms with Gasteiger partial charge in [0.2, 0.25) is 0 Å². The van der Waals surface area contributed by atoms with Crippen molar-refractivity contribution in [1.82, 2.24) is 0 Å². The second-order valence-corrected chi connectivity index (χ2v) is 17.2. The van der Waals surface area contributed by atoms with Gasteiger partial charge in [0, 0.05) is 43.8 Å². The highest BCUT2D eigenvalue weighted by atomic mass is 32.4. The third-order valence-electron chi connectivity index (χ3n) is 3.13. The van der Waals surface area contributed by atoms with Crippen molar-refractivity contribution in [2.45, 2.75) is 26.2 Å². The Hall–Kier alpha value is 0.850. The Morgan fingerprint density at radius 2 is 1.12 bits per heavy atom. The highest BCUT2D eigenvalue weighted by Crippen LogP contribution is 2.65. The molecule has 0 heterocycles. The Labute approximate surface area is 161 Å². The minimum Gasteiger partial charge on any atom is -0.394 e. The maximum Gasteiger partial charge on any atom is 0.0697 e. The van der Waals surface area contributed by atoms with Crippen molar-refractivity contribution in [1.29, 1.82) is 0 Å². The molecule has 0 bridgehead atoms. The molecule has 0 aromatic rings. The van der Waals surface area contributed by atoms with Crippen LogP contribution in [0.3, 0.4) is 0 Å². The van der Waals surface area contributed by atoms with E-state index in [0.29, 0.717) is 13.2 Å². The van der Waals surface area contributed by atoms with Crippen LogP contribution in [-0.4, -0.2) is 87.2 Å². The second-order valence-electron chi connectivity index (χ2n) is 7.22. The number of hydrogen-bond acceptors (Lipinski definition) is 5. The Bertz CT molecular complexity index is 308. The van der Waals surface area contributed by atoms with E-state index in [4.69, 9.17) is 21.8 Å². The number of hydrogen-bond donors (Lipinski definition) is 1.